The maximum atomic E-state index is 6.36. The number of nitrogens with zero attached hydrogens (tertiary/aromatic N) is 3. The molecule has 1 N–H and O–H groups in total. The van der Waals surface area contributed by atoms with Crippen molar-refractivity contribution >= 4 is 34.4 Å². The number of thioether (sulfide) groups is 1. The van der Waals surface area contributed by atoms with Gasteiger partial charge in [0.15, 0.2) is 23.2 Å². The third-order valence-corrected chi connectivity index (χ3v) is 4.77. The second-order valence-corrected chi connectivity index (χ2v) is 7.47. The van der Waals surface area contributed by atoms with Crippen LogP contribution in [-0.2, 0) is 9.47 Å². The summed E-state index contributed by atoms with van der Waals surface area (Å²) in [6, 6.07) is 7.50. The Morgan fingerprint density at radius 3 is 2.78 bits per heavy atom. The van der Waals surface area contributed by atoms with E-state index in [1.807, 2.05) is 44.4 Å². The molecule has 0 spiro atoms. The first-order valence-electron chi connectivity index (χ1n) is 8.20. The smallest absolute Gasteiger partial charge is 0.244 e. The number of fused-ring (bicyclic) bond motifs is 1. The minimum atomic E-state index is -0.692. The molecule has 0 radical (unpaired) electrons. The van der Waals surface area contributed by atoms with E-state index in [0.29, 0.717) is 38.5 Å². The lowest BCUT2D eigenvalue weighted by Crippen LogP contribution is -2.21. The summed E-state index contributed by atoms with van der Waals surface area (Å²) in [6.45, 7) is 3.84. The van der Waals surface area contributed by atoms with Crippen LogP contribution in [0.4, 0.5) is 0 Å². The molecule has 3 aromatic rings. The molecule has 0 unspecified atom stereocenters. The van der Waals surface area contributed by atoms with E-state index in [2.05, 4.69) is 20.2 Å². The van der Waals surface area contributed by atoms with Crippen LogP contribution in [-0.4, -0.2) is 38.8 Å². The minimum Gasteiger partial charge on any atom is -0.469 e. The monoisotopic (exact) mass is 404 g/mol. The summed E-state index contributed by atoms with van der Waals surface area (Å²) < 4.78 is 17.1. The van der Waals surface area contributed by atoms with Gasteiger partial charge in [0.05, 0.1) is 5.69 Å². The molecule has 0 atom stereocenters. The molecule has 3 heterocycles. The fourth-order valence-electron chi connectivity index (χ4n) is 2.70. The summed E-state index contributed by atoms with van der Waals surface area (Å²) >= 11 is 7.77. The van der Waals surface area contributed by atoms with Crippen molar-refractivity contribution in [2.75, 3.05) is 12.9 Å². The molecule has 0 saturated heterocycles. The van der Waals surface area contributed by atoms with Crippen LogP contribution in [0.1, 0.15) is 13.8 Å². The Bertz CT molecular complexity index is 1030. The van der Waals surface area contributed by atoms with Crippen LogP contribution in [0.3, 0.4) is 0 Å². The zero-order valence-electron chi connectivity index (χ0n) is 14.9. The second kappa shape index (κ2) is 6.94. The minimum absolute atomic E-state index is 0.177. The molecule has 140 valence electrons. The molecule has 0 saturated carbocycles. The van der Waals surface area contributed by atoms with Gasteiger partial charge in [0.25, 0.3) is 0 Å². The van der Waals surface area contributed by atoms with Gasteiger partial charge >= 0.3 is 0 Å². The van der Waals surface area contributed by atoms with Crippen LogP contribution in [0.15, 0.2) is 41.4 Å². The molecule has 9 heteroatoms. The van der Waals surface area contributed by atoms with E-state index in [1.165, 1.54) is 11.8 Å². The van der Waals surface area contributed by atoms with Crippen LogP contribution >= 0.6 is 23.4 Å². The number of hydrogen-bond acceptors (Lipinski definition) is 7. The van der Waals surface area contributed by atoms with Crippen molar-refractivity contribution in [1.29, 1.82) is 0 Å². The number of hydrogen-bond donors (Lipinski definition) is 1. The Kier molecular flexibility index (Phi) is 4.61. The van der Waals surface area contributed by atoms with Gasteiger partial charge in [0.2, 0.25) is 11.7 Å². The summed E-state index contributed by atoms with van der Waals surface area (Å²) in [5, 5.41) is 9.14. The number of aromatic amines is 1. The SMILES string of the molecule is CSc1nc(OCC2=COC(C)(C)O2)c2c(-c3ccccc3Cl)[nH]nc2n1. The van der Waals surface area contributed by atoms with Gasteiger partial charge < -0.3 is 14.2 Å². The fourth-order valence-corrected chi connectivity index (χ4v) is 3.29. The number of rotatable bonds is 5. The maximum Gasteiger partial charge on any atom is 0.244 e. The van der Waals surface area contributed by atoms with Gasteiger partial charge in [-0.05, 0) is 12.3 Å². The number of H-pyrrole nitrogens is 1. The molecule has 0 bridgehead atoms. The Morgan fingerprint density at radius 1 is 1.26 bits per heavy atom. The van der Waals surface area contributed by atoms with Crippen molar-refractivity contribution in [2.24, 2.45) is 0 Å². The Hall–Kier alpha value is -2.45. The molecule has 2 aromatic heterocycles. The molecule has 7 nitrogen and oxygen atoms in total. The Balaban J connectivity index is 1.74. The van der Waals surface area contributed by atoms with Crippen LogP contribution < -0.4 is 4.74 Å². The van der Waals surface area contributed by atoms with Gasteiger partial charge in [-0.3, -0.25) is 5.10 Å². The van der Waals surface area contributed by atoms with Gasteiger partial charge in [-0.1, -0.05) is 41.6 Å². The van der Waals surface area contributed by atoms with Crippen molar-refractivity contribution in [3.8, 4) is 17.1 Å². The third-order valence-electron chi connectivity index (χ3n) is 3.89. The van der Waals surface area contributed by atoms with E-state index in [-0.39, 0.29) is 6.61 Å². The molecular formula is C18H17ClN4O3S. The van der Waals surface area contributed by atoms with Crippen LogP contribution in [0.25, 0.3) is 22.3 Å². The number of aromatic nitrogens is 4. The Morgan fingerprint density at radius 2 is 2.07 bits per heavy atom. The molecule has 0 aliphatic carbocycles. The average molecular weight is 405 g/mol. The molecule has 1 aliphatic heterocycles. The van der Waals surface area contributed by atoms with Crippen molar-refractivity contribution in [1.82, 2.24) is 20.2 Å². The first-order valence-corrected chi connectivity index (χ1v) is 9.81. The standard InChI is InChI=1S/C18H17ClN4O3S/c1-18(2)25-9-10(26-18)8-24-16-13-14(11-6-4-5-7-12(11)19)22-23-15(13)20-17(21-16)27-3/h4-7,9H,8H2,1-3H3,(H,20,21,22,23). The maximum absolute atomic E-state index is 6.36. The van der Waals surface area contributed by atoms with Crippen molar-refractivity contribution in [2.45, 2.75) is 24.8 Å². The third kappa shape index (κ3) is 3.54. The quantitative estimate of drug-likeness (QED) is 0.498. The highest BCUT2D eigenvalue weighted by atomic mass is 35.5. The molecular weight excluding hydrogens is 388 g/mol. The first-order chi connectivity index (χ1) is 13.0. The zero-order valence-corrected chi connectivity index (χ0v) is 16.5. The lowest BCUT2D eigenvalue weighted by molar-refractivity contribution is -0.119. The van der Waals surface area contributed by atoms with E-state index in [9.17, 15) is 0 Å². The fraction of sp³-hybridized carbons (Fsp3) is 0.278. The average Bonchev–Trinajstić information content (AvgIpc) is 3.23. The van der Waals surface area contributed by atoms with E-state index < -0.39 is 5.79 Å². The number of halogens is 1. The highest BCUT2D eigenvalue weighted by molar-refractivity contribution is 7.98. The molecule has 1 aliphatic rings. The first kappa shape index (κ1) is 17.9. The van der Waals surface area contributed by atoms with Crippen molar-refractivity contribution < 1.29 is 14.2 Å². The van der Waals surface area contributed by atoms with Crippen molar-refractivity contribution in [3.63, 3.8) is 0 Å². The van der Waals surface area contributed by atoms with Crippen LogP contribution in [0, 0.1) is 0 Å². The zero-order chi connectivity index (χ0) is 19.0. The predicted octanol–water partition coefficient (Wildman–Crippen LogP) is 4.40. The molecule has 4 rings (SSSR count). The van der Waals surface area contributed by atoms with Gasteiger partial charge in [0, 0.05) is 24.4 Å². The normalized spacial score (nSPS) is 15.3. The summed E-state index contributed by atoms with van der Waals surface area (Å²) in [4.78, 5) is 8.96. The summed E-state index contributed by atoms with van der Waals surface area (Å²) in [5.41, 5.74) is 2.01. The van der Waals surface area contributed by atoms with E-state index in [4.69, 9.17) is 25.8 Å². The molecule has 0 fully saturated rings. The van der Waals surface area contributed by atoms with Gasteiger partial charge in [-0.15, -0.1) is 0 Å². The predicted molar refractivity (Wildman–Crippen MR) is 104 cm³/mol. The highest BCUT2D eigenvalue weighted by Crippen LogP contribution is 2.36. The van der Waals surface area contributed by atoms with Crippen LogP contribution in [0.2, 0.25) is 5.02 Å². The van der Waals surface area contributed by atoms with Crippen molar-refractivity contribution in [3.05, 3.63) is 41.3 Å². The Labute approximate surface area is 165 Å². The summed E-state index contributed by atoms with van der Waals surface area (Å²) in [6.07, 6.45) is 3.45. The lowest BCUT2D eigenvalue weighted by atomic mass is 10.1. The van der Waals surface area contributed by atoms with Gasteiger partial charge in [-0.25, -0.2) is 4.98 Å². The van der Waals surface area contributed by atoms with Crippen LogP contribution in [0.5, 0.6) is 5.88 Å². The molecule has 27 heavy (non-hydrogen) atoms. The molecule has 1 aromatic carbocycles. The lowest BCUT2D eigenvalue weighted by Gasteiger charge is -2.18. The summed E-state index contributed by atoms with van der Waals surface area (Å²) in [7, 11) is 0. The number of ether oxygens (including phenoxy) is 3. The van der Waals surface area contributed by atoms with E-state index in [0.717, 1.165) is 5.56 Å². The molecule has 0 amide bonds. The highest BCUT2D eigenvalue weighted by Gasteiger charge is 2.28. The number of benzene rings is 1. The largest absolute Gasteiger partial charge is 0.469 e. The topological polar surface area (TPSA) is 82.1 Å². The van der Waals surface area contributed by atoms with Gasteiger partial charge in [-0.2, -0.15) is 10.1 Å². The summed E-state index contributed by atoms with van der Waals surface area (Å²) in [5.74, 6) is 0.296. The van der Waals surface area contributed by atoms with Gasteiger partial charge in [0.1, 0.15) is 11.6 Å². The van der Waals surface area contributed by atoms with E-state index in [1.54, 1.807) is 6.26 Å². The number of nitrogens with one attached hydrogen (secondary N) is 1. The second-order valence-electron chi connectivity index (χ2n) is 6.29. The van der Waals surface area contributed by atoms with E-state index >= 15 is 0 Å².